The second kappa shape index (κ2) is 5.00. The van der Waals surface area contributed by atoms with Crippen molar-refractivity contribution in [2.75, 3.05) is 6.54 Å². The zero-order chi connectivity index (χ0) is 10.4. The van der Waals surface area contributed by atoms with Crippen LogP contribution in [0.3, 0.4) is 0 Å². The molecule has 14 heavy (non-hydrogen) atoms. The van der Waals surface area contributed by atoms with Crippen LogP contribution in [-0.4, -0.2) is 22.6 Å². The molecule has 0 aliphatic rings. The highest BCUT2D eigenvalue weighted by Gasteiger charge is 2.06. The fraction of sp³-hybridized carbons (Fsp3) is 0.200. The van der Waals surface area contributed by atoms with Crippen molar-refractivity contribution in [2.24, 2.45) is 5.73 Å². The summed E-state index contributed by atoms with van der Waals surface area (Å²) >= 11 is 0. The van der Waals surface area contributed by atoms with Gasteiger partial charge in [-0.25, -0.2) is 4.79 Å². The largest absolute Gasteiger partial charge is 0.478 e. The van der Waals surface area contributed by atoms with Crippen molar-refractivity contribution in [1.82, 2.24) is 4.98 Å². The van der Waals surface area contributed by atoms with E-state index >= 15 is 0 Å². The number of hydrogen-bond donors (Lipinski definition) is 2. The van der Waals surface area contributed by atoms with Crippen molar-refractivity contribution >= 4 is 5.97 Å². The number of carboxylic acids is 1. The summed E-state index contributed by atoms with van der Waals surface area (Å²) in [6.45, 7) is 0.468. The molecule has 0 unspecified atom stereocenters. The summed E-state index contributed by atoms with van der Waals surface area (Å²) in [4.78, 5) is 14.5. The SMILES string of the molecule is NCCC#Cc1cnccc1C(=O)O. The molecule has 0 radical (unpaired) electrons. The van der Waals surface area contributed by atoms with E-state index in [9.17, 15) is 4.79 Å². The smallest absolute Gasteiger partial charge is 0.337 e. The number of nitrogens with two attached hydrogens (primary N) is 1. The third-order valence-corrected chi connectivity index (χ3v) is 1.54. The highest BCUT2D eigenvalue weighted by molar-refractivity contribution is 5.90. The Morgan fingerprint density at radius 3 is 3.07 bits per heavy atom. The Hall–Kier alpha value is -1.86. The minimum atomic E-state index is -0.996. The van der Waals surface area contributed by atoms with Crippen LogP contribution in [0.15, 0.2) is 18.5 Å². The fourth-order valence-electron chi connectivity index (χ4n) is 0.910. The summed E-state index contributed by atoms with van der Waals surface area (Å²) in [6, 6.07) is 1.43. The number of carbonyl (C=O) groups is 1. The van der Waals surface area contributed by atoms with Gasteiger partial charge in [0, 0.05) is 25.4 Å². The second-order valence-electron chi connectivity index (χ2n) is 2.57. The van der Waals surface area contributed by atoms with Crippen LogP contribution < -0.4 is 5.73 Å². The topological polar surface area (TPSA) is 76.2 Å². The quantitative estimate of drug-likeness (QED) is 0.665. The molecule has 1 rings (SSSR count). The molecule has 0 atom stereocenters. The van der Waals surface area contributed by atoms with Crippen molar-refractivity contribution in [1.29, 1.82) is 0 Å². The van der Waals surface area contributed by atoms with Gasteiger partial charge in [-0.1, -0.05) is 11.8 Å². The summed E-state index contributed by atoms with van der Waals surface area (Å²) in [5.41, 5.74) is 5.85. The monoisotopic (exact) mass is 190 g/mol. The molecule has 0 fully saturated rings. The number of aromatic carboxylic acids is 1. The van der Waals surface area contributed by atoms with Gasteiger partial charge >= 0.3 is 5.97 Å². The van der Waals surface area contributed by atoms with Crippen molar-refractivity contribution in [2.45, 2.75) is 6.42 Å². The predicted molar refractivity (Wildman–Crippen MR) is 51.7 cm³/mol. The molecule has 1 heterocycles. The Morgan fingerprint density at radius 1 is 1.64 bits per heavy atom. The summed E-state index contributed by atoms with van der Waals surface area (Å²) < 4.78 is 0. The van der Waals surface area contributed by atoms with Gasteiger partial charge in [0.1, 0.15) is 0 Å². The second-order valence-corrected chi connectivity index (χ2v) is 2.57. The van der Waals surface area contributed by atoms with Crippen molar-refractivity contribution in [3.05, 3.63) is 29.6 Å². The molecular formula is C10H10N2O2. The molecule has 0 aromatic carbocycles. The highest BCUT2D eigenvalue weighted by Crippen LogP contribution is 2.04. The number of aromatic nitrogens is 1. The van der Waals surface area contributed by atoms with Gasteiger partial charge in [0.2, 0.25) is 0 Å². The average molecular weight is 190 g/mol. The fourth-order valence-corrected chi connectivity index (χ4v) is 0.910. The maximum atomic E-state index is 10.7. The molecule has 0 aliphatic heterocycles. The van der Waals surface area contributed by atoms with Gasteiger partial charge in [-0.05, 0) is 6.07 Å². The third kappa shape index (κ3) is 2.57. The summed E-state index contributed by atoms with van der Waals surface area (Å²) in [7, 11) is 0. The van der Waals surface area contributed by atoms with Gasteiger partial charge in [0.25, 0.3) is 0 Å². The van der Waals surface area contributed by atoms with Crippen LogP contribution in [-0.2, 0) is 0 Å². The van der Waals surface area contributed by atoms with Crippen LogP contribution in [0, 0.1) is 11.8 Å². The lowest BCUT2D eigenvalue weighted by Gasteiger charge is -1.95. The zero-order valence-corrected chi connectivity index (χ0v) is 7.53. The Kier molecular flexibility index (Phi) is 3.65. The normalized spacial score (nSPS) is 8.93. The van der Waals surface area contributed by atoms with Gasteiger partial charge in [-0.15, -0.1) is 0 Å². The van der Waals surface area contributed by atoms with Gasteiger partial charge in [0.15, 0.2) is 0 Å². The van der Waals surface area contributed by atoms with E-state index in [1.165, 1.54) is 18.5 Å². The standard InChI is InChI=1S/C10H10N2O2/c11-5-2-1-3-8-7-12-6-4-9(8)10(13)14/h4,6-7H,2,5,11H2,(H,13,14). The lowest BCUT2D eigenvalue weighted by Crippen LogP contribution is -2.00. The van der Waals surface area contributed by atoms with Crippen LogP contribution in [0.5, 0.6) is 0 Å². The lowest BCUT2D eigenvalue weighted by molar-refractivity contribution is 0.0696. The molecule has 72 valence electrons. The summed E-state index contributed by atoms with van der Waals surface area (Å²) in [6.07, 6.45) is 3.42. The van der Waals surface area contributed by atoms with E-state index < -0.39 is 5.97 Å². The van der Waals surface area contributed by atoms with Crippen molar-refractivity contribution in [3.8, 4) is 11.8 Å². The Morgan fingerprint density at radius 2 is 2.43 bits per heavy atom. The van der Waals surface area contributed by atoms with E-state index in [0.29, 0.717) is 18.5 Å². The van der Waals surface area contributed by atoms with Crippen LogP contribution in [0.25, 0.3) is 0 Å². The Bertz CT molecular complexity index is 391. The van der Waals surface area contributed by atoms with Crippen LogP contribution in [0.1, 0.15) is 22.3 Å². The molecule has 4 heteroatoms. The van der Waals surface area contributed by atoms with Crippen molar-refractivity contribution < 1.29 is 9.90 Å². The van der Waals surface area contributed by atoms with E-state index in [1.54, 1.807) is 0 Å². The first-order valence-electron chi connectivity index (χ1n) is 4.12. The molecule has 1 aromatic heterocycles. The van der Waals surface area contributed by atoms with E-state index in [4.69, 9.17) is 10.8 Å². The molecule has 3 N–H and O–H groups in total. The molecule has 0 amide bonds. The first-order chi connectivity index (χ1) is 6.75. The maximum absolute atomic E-state index is 10.7. The number of pyridine rings is 1. The minimum absolute atomic E-state index is 0.171. The van der Waals surface area contributed by atoms with Gasteiger partial charge in [-0.3, -0.25) is 4.98 Å². The molecule has 1 aromatic rings. The number of carboxylic acid groups (broad SMARTS) is 1. The first-order valence-corrected chi connectivity index (χ1v) is 4.12. The van der Waals surface area contributed by atoms with Gasteiger partial charge in [-0.2, -0.15) is 0 Å². The minimum Gasteiger partial charge on any atom is -0.478 e. The lowest BCUT2D eigenvalue weighted by atomic mass is 10.1. The van der Waals surface area contributed by atoms with Crippen molar-refractivity contribution in [3.63, 3.8) is 0 Å². The Balaban J connectivity index is 2.97. The van der Waals surface area contributed by atoms with E-state index in [0.717, 1.165) is 0 Å². The van der Waals surface area contributed by atoms with E-state index in [-0.39, 0.29) is 5.56 Å². The van der Waals surface area contributed by atoms with Crippen LogP contribution >= 0.6 is 0 Å². The number of hydrogen-bond acceptors (Lipinski definition) is 3. The molecule has 0 bridgehead atoms. The summed E-state index contributed by atoms with van der Waals surface area (Å²) in [5.74, 6) is 4.49. The Labute approximate surface area is 81.8 Å². The van der Waals surface area contributed by atoms with E-state index in [1.807, 2.05) is 0 Å². The van der Waals surface area contributed by atoms with Crippen LogP contribution in [0.4, 0.5) is 0 Å². The number of nitrogens with zero attached hydrogens (tertiary/aromatic N) is 1. The molecule has 0 saturated carbocycles. The number of rotatable bonds is 2. The van der Waals surface area contributed by atoms with Crippen LogP contribution in [0.2, 0.25) is 0 Å². The maximum Gasteiger partial charge on any atom is 0.337 e. The van der Waals surface area contributed by atoms with Gasteiger partial charge in [0.05, 0.1) is 11.1 Å². The third-order valence-electron chi connectivity index (χ3n) is 1.54. The average Bonchev–Trinajstić information content (AvgIpc) is 2.19. The molecular weight excluding hydrogens is 180 g/mol. The molecule has 0 aliphatic carbocycles. The molecule has 0 saturated heterocycles. The highest BCUT2D eigenvalue weighted by atomic mass is 16.4. The molecule has 0 spiro atoms. The zero-order valence-electron chi connectivity index (χ0n) is 7.53. The molecule has 4 nitrogen and oxygen atoms in total. The first kappa shape index (κ1) is 10.2. The summed E-state index contributed by atoms with van der Waals surface area (Å²) in [5, 5.41) is 8.80. The predicted octanol–water partition coefficient (Wildman–Crippen LogP) is 0.480. The van der Waals surface area contributed by atoms with Gasteiger partial charge < -0.3 is 10.8 Å². The van der Waals surface area contributed by atoms with E-state index in [2.05, 4.69) is 16.8 Å².